The predicted octanol–water partition coefficient (Wildman–Crippen LogP) is 1.51. The van der Waals surface area contributed by atoms with Crippen LogP contribution in [-0.4, -0.2) is 37.6 Å². The first-order valence-corrected chi connectivity index (χ1v) is 8.82. The number of carbonyl (C=O) groups excluding carboxylic acids is 2. The van der Waals surface area contributed by atoms with E-state index in [0.717, 1.165) is 0 Å². The van der Waals surface area contributed by atoms with E-state index in [1.807, 2.05) is 12.1 Å². The van der Waals surface area contributed by atoms with E-state index in [1.54, 1.807) is 55.5 Å². The first-order chi connectivity index (χ1) is 14.0. The summed E-state index contributed by atoms with van der Waals surface area (Å²) in [5.74, 6) is 0.315. The lowest BCUT2D eigenvalue weighted by Gasteiger charge is -2.15. The summed E-state index contributed by atoms with van der Waals surface area (Å²) < 4.78 is 10.7. The van der Waals surface area contributed by atoms with Gasteiger partial charge in [0.25, 0.3) is 11.8 Å². The van der Waals surface area contributed by atoms with Crippen molar-refractivity contribution in [3.05, 3.63) is 59.7 Å². The lowest BCUT2D eigenvalue weighted by Crippen LogP contribution is -2.44. The first kappa shape index (κ1) is 21.3. The Hall–Kier alpha value is -4.04. The Labute approximate surface area is 168 Å². The zero-order chi connectivity index (χ0) is 21.1. The van der Waals surface area contributed by atoms with Gasteiger partial charge in [-0.2, -0.15) is 10.5 Å². The average molecular weight is 392 g/mol. The SMILES string of the molecule is C[C@@H](CNC(=O)COc1ccc(C#N)cc1)NC(=O)COc1ccc(C#N)cc1. The highest BCUT2D eigenvalue weighted by molar-refractivity contribution is 5.79. The number of ether oxygens (including phenoxy) is 2. The van der Waals surface area contributed by atoms with Crippen LogP contribution < -0.4 is 20.1 Å². The molecule has 0 bridgehead atoms. The summed E-state index contributed by atoms with van der Waals surface area (Å²) in [6.45, 7) is 1.64. The van der Waals surface area contributed by atoms with Crippen molar-refractivity contribution in [3.8, 4) is 23.6 Å². The highest BCUT2D eigenvalue weighted by Gasteiger charge is 2.10. The third-order valence-corrected chi connectivity index (χ3v) is 3.72. The molecule has 0 aromatic heterocycles. The Bertz CT molecular complexity index is 912. The minimum absolute atomic E-state index is 0.172. The molecule has 2 aromatic rings. The van der Waals surface area contributed by atoms with E-state index >= 15 is 0 Å². The number of carbonyl (C=O) groups is 2. The standard InChI is InChI=1S/C21H20N4O4/c1-15(25-21(27)14-29-19-8-4-17(11-23)5-9-19)12-24-20(26)13-28-18-6-2-16(10-22)3-7-18/h2-9,15H,12-14H2,1H3,(H,24,26)(H,25,27)/t15-/m0/s1. The van der Waals surface area contributed by atoms with Crippen LogP contribution in [0.1, 0.15) is 18.1 Å². The van der Waals surface area contributed by atoms with Crippen molar-refractivity contribution in [2.45, 2.75) is 13.0 Å². The van der Waals surface area contributed by atoms with E-state index in [9.17, 15) is 9.59 Å². The van der Waals surface area contributed by atoms with E-state index in [-0.39, 0.29) is 37.6 Å². The molecule has 0 unspecified atom stereocenters. The summed E-state index contributed by atoms with van der Waals surface area (Å²) in [6.07, 6.45) is 0. The first-order valence-electron chi connectivity index (χ1n) is 8.82. The maximum atomic E-state index is 11.9. The van der Waals surface area contributed by atoms with Gasteiger partial charge in [-0.3, -0.25) is 9.59 Å². The summed E-state index contributed by atoms with van der Waals surface area (Å²) in [5.41, 5.74) is 1.02. The van der Waals surface area contributed by atoms with E-state index in [1.165, 1.54) is 0 Å². The lowest BCUT2D eigenvalue weighted by atomic mass is 10.2. The number of rotatable bonds is 9. The van der Waals surface area contributed by atoms with Crippen molar-refractivity contribution in [2.75, 3.05) is 19.8 Å². The fraction of sp³-hybridized carbons (Fsp3) is 0.238. The van der Waals surface area contributed by atoms with Crippen LogP contribution in [0, 0.1) is 22.7 Å². The molecule has 2 aromatic carbocycles. The Morgan fingerprint density at radius 1 is 0.862 bits per heavy atom. The summed E-state index contributed by atoms with van der Waals surface area (Å²) in [5, 5.41) is 22.9. The Balaban J connectivity index is 1.63. The van der Waals surface area contributed by atoms with Crippen molar-refractivity contribution in [2.24, 2.45) is 0 Å². The van der Waals surface area contributed by atoms with Gasteiger partial charge in [0.2, 0.25) is 0 Å². The number of nitrogens with zero attached hydrogens (tertiary/aromatic N) is 2. The molecule has 0 aliphatic heterocycles. The molecule has 0 saturated heterocycles. The smallest absolute Gasteiger partial charge is 0.258 e. The molecular weight excluding hydrogens is 372 g/mol. The van der Waals surface area contributed by atoms with Gasteiger partial charge in [0, 0.05) is 12.6 Å². The molecule has 2 amide bonds. The van der Waals surface area contributed by atoms with Gasteiger partial charge in [0.05, 0.1) is 23.3 Å². The monoisotopic (exact) mass is 392 g/mol. The van der Waals surface area contributed by atoms with Gasteiger partial charge in [-0.25, -0.2) is 0 Å². The van der Waals surface area contributed by atoms with Crippen molar-refractivity contribution in [1.82, 2.24) is 10.6 Å². The van der Waals surface area contributed by atoms with E-state index in [4.69, 9.17) is 20.0 Å². The van der Waals surface area contributed by atoms with Gasteiger partial charge in [0.15, 0.2) is 13.2 Å². The number of amides is 2. The highest BCUT2D eigenvalue weighted by Crippen LogP contribution is 2.12. The topological polar surface area (TPSA) is 124 Å². The molecule has 8 nitrogen and oxygen atoms in total. The normalized spacial score (nSPS) is 10.7. The molecule has 29 heavy (non-hydrogen) atoms. The molecule has 8 heteroatoms. The molecular formula is C21H20N4O4. The molecule has 0 aliphatic carbocycles. The van der Waals surface area contributed by atoms with E-state index in [0.29, 0.717) is 22.6 Å². The molecule has 2 rings (SSSR count). The zero-order valence-corrected chi connectivity index (χ0v) is 15.8. The molecule has 0 aliphatic rings. The lowest BCUT2D eigenvalue weighted by molar-refractivity contribution is -0.125. The molecule has 148 valence electrons. The van der Waals surface area contributed by atoms with Gasteiger partial charge >= 0.3 is 0 Å². The van der Waals surface area contributed by atoms with E-state index < -0.39 is 0 Å². The number of hydrogen-bond donors (Lipinski definition) is 2. The fourth-order valence-electron chi connectivity index (χ4n) is 2.23. The maximum Gasteiger partial charge on any atom is 0.258 e. The second-order valence-electron chi connectivity index (χ2n) is 6.12. The molecule has 0 radical (unpaired) electrons. The quantitative estimate of drug-likeness (QED) is 0.666. The van der Waals surface area contributed by atoms with Crippen LogP contribution in [0.4, 0.5) is 0 Å². The second kappa shape index (κ2) is 11.0. The minimum atomic E-state index is -0.329. The molecule has 0 saturated carbocycles. The van der Waals surface area contributed by atoms with Crippen LogP contribution in [0.25, 0.3) is 0 Å². The van der Waals surface area contributed by atoms with E-state index in [2.05, 4.69) is 10.6 Å². The molecule has 0 fully saturated rings. The van der Waals surface area contributed by atoms with Crippen molar-refractivity contribution in [1.29, 1.82) is 10.5 Å². The van der Waals surface area contributed by atoms with Crippen LogP contribution in [0.15, 0.2) is 48.5 Å². The van der Waals surface area contributed by atoms with Gasteiger partial charge in [-0.05, 0) is 55.5 Å². The van der Waals surface area contributed by atoms with Crippen LogP contribution in [-0.2, 0) is 9.59 Å². The van der Waals surface area contributed by atoms with Crippen molar-refractivity contribution in [3.63, 3.8) is 0 Å². The van der Waals surface area contributed by atoms with Gasteiger partial charge in [-0.15, -0.1) is 0 Å². The molecule has 2 N–H and O–H groups in total. The number of hydrogen-bond acceptors (Lipinski definition) is 6. The highest BCUT2D eigenvalue weighted by atomic mass is 16.5. The summed E-state index contributed by atoms with van der Waals surface area (Å²) >= 11 is 0. The number of nitriles is 2. The minimum Gasteiger partial charge on any atom is -0.484 e. The largest absolute Gasteiger partial charge is 0.484 e. The van der Waals surface area contributed by atoms with Gasteiger partial charge in [0.1, 0.15) is 11.5 Å². The summed E-state index contributed by atoms with van der Waals surface area (Å²) in [4.78, 5) is 23.8. The van der Waals surface area contributed by atoms with Crippen LogP contribution in [0.2, 0.25) is 0 Å². The van der Waals surface area contributed by atoms with Crippen LogP contribution in [0.5, 0.6) is 11.5 Å². The van der Waals surface area contributed by atoms with Crippen LogP contribution >= 0.6 is 0 Å². The molecule has 0 spiro atoms. The average Bonchev–Trinajstić information content (AvgIpc) is 2.75. The van der Waals surface area contributed by atoms with Gasteiger partial charge in [-0.1, -0.05) is 0 Å². The Morgan fingerprint density at radius 2 is 1.31 bits per heavy atom. The second-order valence-corrected chi connectivity index (χ2v) is 6.12. The predicted molar refractivity (Wildman–Crippen MR) is 104 cm³/mol. The molecule has 1 atom stereocenters. The fourth-order valence-corrected chi connectivity index (χ4v) is 2.23. The van der Waals surface area contributed by atoms with Gasteiger partial charge < -0.3 is 20.1 Å². The number of benzene rings is 2. The third-order valence-electron chi connectivity index (χ3n) is 3.72. The summed E-state index contributed by atoms with van der Waals surface area (Å²) in [7, 11) is 0. The van der Waals surface area contributed by atoms with Crippen molar-refractivity contribution < 1.29 is 19.1 Å². The maximum absolute atomic E-state index is 11.9. The Morgan fingerprint density at radius 3 is 1.76 bits per heavy atom. The zero-order valence-electron chi connectivity index (χ0n) is 15.8. The van der Waals surface area contributed by atoms with Crippen LogP contribution in [0.3, 0.4) is 0 Å². The third kappa shape index (κ3) is 7.61. The van der Waals surface area contributed by atoms with Crippen molar-refractivity contribution >= 4 is 11.8 Å². The number of nitrogens with one attached hydrogen (secondary N) is 2. The molecule has 0 heterocycles. The Kier molecular flexibility index (Phi) is 8.03. The summed E-state index contributed by atoms with van der Waals surface area (Å²) in [6, 6.07) is 16.6.